The predicted molar refractivity (Wildman–Crippen MR) is 119 cm³/mol. The van der Waals surface area contributed by atoms with Crippen LogP contribution in [0.3, 0.4) is 0 Å². The van der Waals surface area contributed by atoms with E-state index in [-0.39, 0.29) is 23.0 Å². The van der Waals surface area contributed by atoms with Crippen molar-refractivity contribution in [3.63, 3.8) is 0 Å². The summed E-state index contributed by atoms with van der Waals surface area (Å²) in [5.74, 6) is 0.226. The van der Waals surface area contributed by atoms with E-state index in [1.165, 1.54) is 30.1 Å². The fraction of sp³-hybridized carbons (Fsp3) is 0.238. The Hall–Kier alpha value is -4.12. The van der Waals surface area contributed by atoms with Crippen LogP contribution in [0.2, 0.25) is 0 Å². The van der Waals surface area contributed by atoms with Crippen LogP contribution in [0.25, 0.3) is 0 Å². The van der Waals surface area contributed by atoms with E-state index in [9.17, 15) is 20.2 Å². The summed E-state index contributed by atoms with van der Waals surface area (Å²) in [6, 6.07) is 15.9. The Labute approximate surface area is 183 Å². The smallest absolute Gasteiger partial charge is 0.348 e. The van der Waals surface area contributed by atoms with Gasteiger partial charge in [0.05, 0.1) is 9.85 Å². The Bertz CT molecular complexity index is 1120. The molecule has 2 aromatic carbocycles. The molecule has 11 nitrogen and oxygen atoms in total. The molecular formula is C21H21N7O4. The molecule has 0 unspecified atom stereocenters. The molecule has 1 aromatic heterocycles. The second kappa shape index (κ2) is 9.35. The minimum atomic E-state index is -0.528. The van der Waals surface area contributed by atoms with E-state index in [0.717, 1.165) is 19.6 Å². The van der Waals surface area contributed by atoms with Gasteiger partial charge < -0.3 is 10.2 Å². The van der Waals surface area contributed by atoms with E-state index < -0.39 is 9.85 Å². The first-order chi connectivity index (χ1) is 15.5. The molecule has 0 saturated carbocycles. The third kappa shape index (κ3) is 4.78. The number of nitrogens with zero attached hydrogens (tertiary/aromatic N) is 6. The number of aromatic nitrogens is 2. The molecular weight excluding hydrogens is 414 g/mol. The lowest BCUT2D eigenvalue weighted by Gasteiger charge is -2.35. The number of hydrogen-bond donors (Lipinski definition) is 1. The van der Waals surface area contributed by atoms with Crippen LogP contribution in [0, 0.1) is 20.2 Å². The second-order valence-corrected chi connectivity index (χ2v) is 7.33. The largest absolute Gasteiger partial charge is 0.353 e. The molecule has 1 aliphatic heterocycles. The van der Waals surface area contributed by atoms with Crippen molar-refractivity contribution < 1.29 is 9.85 Å². The van der Waals surface area contributed by atoms with E-state index in [2.05, 4.69) is 32.3 Å². The average molecular weight is 435 g/mol. The Morgan fingerprint density at radius 3 is 2.34 bits per heavy atom. The fourth-order valence-electron chi connectivity index (χ4n) is 3.65. The Morgan fingerprint density at radius 2 is 1.66 bits per heavy atom. The van der Waals surface area contributed by atoms with Crippen LogP contribution in [0.1, 0.15) is 5.56 Å². The summed E-state index contributed by atoms with van der Waals surface area (Å²) in [4.78, 5) is 34.2. The fourth-order valence-corrected chi connectivity index (χ4v) is 3.65. The highest BCUT2D eigenvalue weighted by Gasteiger charge is 2.29. The third-order valence-electron chi connectivity index (χ3n) is 5.23. The third-order valence-corrected chi connectivity index (χ3v) is 5.23. The van der Waals surface area contributed by atoms with Crippen LogP contribution < -0.4 is 10.2 Å². The van der Waals surface area contributed by atoms with E-state index in [1.54, 1.807) is 6.07 Å². The summed E-state index contributed by atoms with van der Waals surface area (Å²) in [6.45, 7) is 3.47. The van der Waals surface area contributed by atoms with Gasteiger partial charge in [0, 0.05) is 50.5 Å². The molecule has 1 aliphatic rings. The van der Waals surface area contributed by atoms with Gasteiger partial charge >= 0.3 is 5.69 Å². The van der Waals surface area contributed by atoms with E-state index >= 15 is 0 Å². The first-order valence-electron chi connectivity index (χ1n) is 10.0. The van der Waals surface area contributed by atoms with E-state index in [0.29, 0.717) is 18.8 Å². The van der Waals surface area contributed by atoms with Gasteiger partial charge in [-0.2, -0.15) is 0 Å². The minimum Gasteiger partial charge on any atom is -0.348 e. The Kier molecular flexibility index (Phi) is 6.17. The van der Waals surface area contributed by atoms with Crippen LogP contribution in [0.4, 0.5) is 28.7 Å². The molecule has 1 fully saturated rings. The molecule has 32 heavy (non-hydrogen) atoms. The molecule has 2 heterocycles. The predicted octanol–water partition coefficient (Wildman–Crippen LogP) is 3.36. The summed E-state index contributed by atoms with van der Waals surface area (Å²) in [6.07, 6.45) is 1.26. The van der Waals surface area contributed by atoms with Crippen LogP contribution in [-0.2, 0) is 6.54 Å². The van der Waals surface area contributed by atoms with Crippen molar-refractivity contribution in [2.75, 3.05) is 36.4 Å². The maximum Gasteiger partial charge on any atom is 0.353 e. The molecule has 0 atom stereocenters. The number of nitro groups is 2. The standard InChI is InChI=1S/C21H21N7O4/c29-27(30)18-8-4-7-17(13-18)24-20-19(28(31)32)21(23-15-22-20)26-11-9-25(10-12-26)14-16-5-2-1-3-6-16/h1-8,13,15H,9-12,14H2,(H,22,23,24). The van der Waals surface area contributed by atoms with Crippen LogP contribution in [0.5, 0.6) is 0 Å². The number of non-ortho nitro benzene ring substituents is 1. The summed E-state index contributed by atoms with van der Waals surface area (Å²) in [5, 5.41) is 25.7. The number of nitrogens with one attached hydrogen (secondary N) is 1. The highest BCUT2D eigenvalue weighted by atomic mass is 16.6. The van der Waals surface area contributed by atoms with Crippen molar-refractivity contribution >= 4 is 28.7 Å². The SMILES string of the molecule is O=[N+]([O-])c1cccc(Nc2ncnc(N3CCN(Cc4ccccc4)CC3)c2[N+](=O)[O-])c1. The van der Waals surface area contributed by atoms with Gasteiger partial charge in [0.2, 0.25) is 11.6 Å². The van der Waals surface area contributed by atoms with Crippen molar-refractivity contribution in [1.82, 2.24) is 14.9 Å². The lowest BCUT2D eigenvalue weighted by molar-refractivity contribution is -0.384. The van der Waals surface area contributed by atoms with Crippen molar-refractivity contribution in [3.8, 4) is 0 Å². The molecule has 0 aliphatic carbocycles. The number of rotatable bonds is 7. The number of nitro benzene ring substituents is 1. The van der Waals surface area contributed by atoms with Gasteiger partial charge in [-0.1, -0.05) is 36.4 Å². The molecule has 1 saturated heterocycles. The average Bonchev–Trinajstić information content (AvgIpc) is 2.80. The zero-order chi connectivity index (χ0) is 22.5. The summed E-state index contributed by atoms with van der Waals surface area (Å²) < 4.78 is 0. The highest BCUT2D eigenvalue weighted by Crippen LogP contribution is 2.34. The molecule has 0 radical (unpaired) electrons. The Morgan fingerprint density at radius 1 is 0.906 bits per heavy atom. The molecule has 0 spiro atoms. The monoisotopic (exact) mass is 435 g/mol. The lowest BCUT2D eigenvalue weighted by atomic mass is 10.2. The van der Waals surface area contributed by atoms with Crippen LogP contribution in [-0.4, -0.2) is 50.9 Å². The summed E-state index contributed by atoms with van der Waals surface area (Å²) in [7, 11) is 0. The molecule has 0 bridgehead atoms. The quantitative estimate of drug-likeness (QED) is 0.438. The number of anilines is 3. The van der Waals surface area contributed by atoms with Crippen molar-refractivity contribution in [2.24, 2.45) is 0 Å². The molecule has 1 N–H and O–H groups in total. The second-order valence-electron chi connectivity index (χ2n) is 7.33. The Balaban J connectivity index is 1.52. The zero-order valence-corrected chi connectivity index (χ0v) is 17.1. The number of hydrogen-bond acceptors (Lipinski definition) is 9. The minimum absolute atomic E-state index is 0.00721. The van der Waals surface area contributed by atoms with Gasteiger partial charge in [-0.3, -0.25) is 25.1 Å². The topological polar surface area (TPSA) is 131 Å². The van der Waals surface area contributed by atoms with Crippen molar-refractivity contribution in [1.29, 1.82) is 0 Å². The lowest BCUT2D eigenvalue weighted by Crippen LogP contribution is -2.46. The van der Waals surface area contributed by atoms with Crippen molar-refractivity contribution in [3.05, 3.63) is 86.7 Å². The molecule has 164 valence electrons. The first kappa shape index (κ1) is 21.1. The summed E-state index contributed by atoms with van der Waals surface area (Å²) >= 11 is 0. The van der Waals surface area contributed by atoms with Gasteiger partial charge in [-0.15, -0.1) is 0 Å². The molecule has 0 amide bonds. The van der Waals surface area contributed by atoms with Gasteiger partial charge in [0.15, 0.2) is 0 Å². The van der Waals surface area contributed by atoms with E-state index in [4.69, 9.17) is 0 Å². The summed E-state index contributed by atoms with van der Waals surface area (Å²) in [5.41, 5.74) is 1.18. The molecule has 3 aromatic rings. The number of benzene rings is 2. The van der Waals surface area contributed by atoms with Gasteiger partial charge in [0.25, 0.3) is 5.69 Å². The normalized spacial score (nSPS) is 14.2. The van der Waals surface area contributed by atoms with Gasteiger partial charge in [-0.25, -0.2) is 9.97 Å². The first-order valence-corrected chi connectivity index (χ1v) is 10.0. The number of piperazine rings is 1. The maximum atomic E-state index is 11.9. The van der Waals surface area contributed by atoms with Crippen LogP contribution in [0.15, 0.2) is 60.9 Å². The molecule has 4 rings (SSSR count). The maximum absolute atomic E-state index is 11.9. The van der Waals surface area contributed by atoms with Gasteiger partial charge in [0.1, 0.15) is 6.33 Å². The highest BCUT2D eigenvalue weighted by molar-refractivity contribution is 5.75. The van der Waals surface area contributed by atoms with Gasteiger partial charge in [-0.05, 0) is 11.6 Å². The van der Waals surface area contributed by atoms with Crippen LogP contribution >= 0.6 is 0 Å². The molecule has 11 heteroatoms. The van der Waals surface area contributed by atoms with Crippen molar-refractivity contribution in [2.45, 2.75) is 6.54 Å². The zero-order valence-electron chi connectivity index (χ0n) is 17.1. The van der Waals surface area contributed by atoms with E-state index in [1.807, 2.05) is 23.1 Å².